The highest BCUT2D eigenvalue weighted by Gasteiger charge is 2.17. The number of nitrogens with two attached hydrogens (primary N) is 2. The Morgan fingerprint density at radius 1 is 1.30 bits per heavy atom. The quantitative estimate of drug-likeness (QED) is 0.423. The Morgan fingerprint density at radius 2 is 2.07 bits per heavy atom. The van der Waals surface area contributed by atoms with Crippen LogP contribution in [0.1, 0.15) is 56.8 Å². The summed E-state index contributed by atoms with van der Waals surface area (Å²) in [6.07, 6.45) is 9.14. The van der Waals surface area contributed by atoms with E-state index in [-0.39, 0.29) is 6.10 Å². The first kappa shape index (κ1) is 21.9. The van der Waals surface area contributed by atoms with Gasteiger partial charge in [-0.15, -0.1) is 5.10 Å². The van der Waals surface area contributed by atoms with Crippen molar-refractivity contribution in [2.45, 2.75) is 65.0 Å². The standard InChI is InChI=1S/C21H34N8O/c1-4-12-29-14-20(26-27-29)24-13-18(28(3)23)21(22)17-10-11-19(15(2)25-17)30-16-8-6-5-7-9-16/h10-11,14,16,24H,4-9,12-13,22-23H2,1-3H3/b21-18-. The van der Waals surface area contributed by atoms with Crippen molar-refractivity contribution in [3.8, 4) is 5.75 Å². The van der Waals surface area contributed by atoms with Gasteiger partial charge in [0.25, 0.3) is 0 Å². The predicted octanol–water partition coefficient (Wildman–Crippen LogP) is 2.65. The zero-order chi connectivity index (χ0) is 21.5. The molecule has 0 spiro atoms. The van der Waals surface area contributed by atoms with E-state index in [0.29, 0.717) is 29.5 Å². The van der Waals surface area contributed by atoms with Gasteiger partial charge in [-0.25, -0.2) is 10.8 Å². The number of aromatic nitrogens is 4. The van der Waals surface area contributed by atoms with Gasteiger partial charge in [0.15, 0.2) is 5.82 Å². The fourth-order valence-electron chi connectivity index (χ4n) is 3.64. The minimum absolute atomic E-state index is 0.286. The van der Waals surface area contributed by atoms with Crippen LogP contribution in [0.4, 0.5) is 5.82 Å². The van der Waals surface area contributed by atoms with Gasteiger partial charge in [0.2, 0.25) is 0 Å². The van der Waals surface area contributed by atoms with Gasteiger partial charge in [0, 0.05) is 13.6 Å². The number of hydrazine groups is 1. The van der Waals surface area contributed by atoms with Gasteiger partial charge in [-0.1, -0.05) is 18.6 Å². The summed E-state index contributed by atoms with van der Waals surface area (Å²) in [5.74, 6) is 7.55. The zero-order valence-corrected chi connectivity index (χ0v) is 18.3. The highest BCUT2D eigenvalue weighted by atomic mass is 16.5. The molecule has 164 valence electrons. The summed E-state index contributed by atoms with van der Waals surface area (Å²) in [5, 5.41) is 12.9. The van der Waals surface area contributed by atoms with Gasteiger partial charge in [-0.2, -0.15) is 0 Å². The van der Waals surface area contributed by atoms with Crippen LogP contribution in [0.2, 0.25) is 0 Å². The number of hydrogen-bond acceptors (Lipinski definition) is 8. The molecule has 0 saturated heterocycles. The molecule has 9 heteroatoms. The predicted molar refractivity (Wildman–Crippen MR) is 118 cm³/mol. The average Bonchev–Trinajstić information content (AvgIpc) is 3.18. The van der Waals surface area contributed by atoms with Crippen LogP contribution in [0.5, 0.6) is 5.75 Å². The molecule has 0 radical (unpaired) electrons. The number of rotatable bonds is 9. The minimum atomic E-state index is 0.286. The Morgan fingerprint density at radius 3 is 2.73 bits per heavy atom. The van der Waals surface area contributed by atoms with Crippen LogP contribution in [0.25, 0.3) is 5.70 Å². The fourth-order valence-corrected chi connectivity index (χ4v) is 3.64. The molecule has 2 aromatic rings. The first-order valence-corrected chi connectivity index (χ1v) is 10.7. The molecule has 3 rings (SSSR count). The van der Waals surface area contributed by atoms with E-state index in [4.69, 9.17) is 16.3 Å². The zero-order valence-electron chi connectivity index (χ0n) is 18.3. The monoisotopic (exact) mass is 414 g/mol. The maximum absolute atomic E-state index is 6.43. The molecule has 5 N–H and O–H groups in total. The number of likely N-dealkylation sites (N-methyl/N-ethyl adjacent to an activating group) is 1. The van der Waals surface area contributed by atoms with Crippen molar-refractivity contribution >= 4 is 11.5 Å². The summed E-state index contributed by atoms with van der Waals surface area (Å²) < 4.78 is 7.97. The van der Waals surface area contributed by atoms with Gasteiger partial charge in [0.1, 0.15) is 5.75 Å². The van der Waals surface area contributed by atoms with Crippen molar-refractivity contribution < 1.29 is 4.74 Å². The lowest BCUT2D eigenvalue weighted by Gasteiger charge is -2.24. The second-order valence-corrected chi connectivity index (χ2v) is 7.85. The summed E-state index contributed by atoms with van der Waals surface area (Å²) in [7, 11) is 1.76. The molecule has 0 aliphatic heterocycles. The van der Waals surface area contributed by atoms with Gasteiger partial charge in [-0.05, 0) is 51.2 Å². The van der Waals surface area contributed by atoms with Crippen LogP contribution in [0, 0.1) is 6.92 Å². The highest BCUT2D eigenvalue weighted by molar-refractivity contribution is 5.64. The Bertz CT molecular complexity index is 854. The van der Waals surface area contributed by atoms with Crippen LogP contribution in [0.3, 0.4) is 0 Å². The largest absolute Gasteiger partial charge is 0.489 e. The smallest absolute Gasteiger partial charge is 0.168 e. The second-order valence-electron chi connectivity index (χ2n) is 7.85. The Balaban J connectivity index is 1.72. The van der Waals surface area contributed by atoms with Crippen molar-refractivity contribution in [1.82, 2.24) is 25.0 Å². The molecular weight excluding hydrogens is 380 g/mol. The molecule has 0 unspecified atom stereocenters. The Kier molecular flexibility index (Phi) is 7.51. The van der Waals surface area contributed by atoms with Crippen molar-refractivity contribution in [1.29, 1.82) is 0 Å². The number of nitrogens with zero attached hydrogens (tertiary/aromatic N) is 5. The topological polar surface area (TPSA) is 120 Å². The molecular formula is C21H34N8O. The van der Waals surface area contributed by atoms with E-state index in [1.807, 2.05) is 25.3 Å². The molecule has 1 fully saturated rings. The summed E-state index contributed by atoms with van der Waals surface area (Å²) in [6, 6.07) is 3.85. The van der Waals surface area contributed by atoms with Crippen LogP contribution in [0.15, 0.2) is 24.0 Å². The minimum Gasteiger partial charge on any atom is -0.489 e. The van der Waals surface area contributed by atoms with E-state index in [1.165, 1.54) is 24.3 Å². The van der Waals surface area contributed by atoms with Gasteiger partial charge in [-0.3, -0.25) is 4.68 Å². The van der Waals surface area contributed by atoms with E-state index in [1.54, 1.807) is 11.7 Å². The molecule has 0 bridgehead atoms. The van der Waals surface area contributed by atoms with Gasteiger partial charge in [0.05, 0.1) is 41.6 Å². The molecule has 1 aliphatic rings. The third-order valence-electron chi connectivity index (χ3n) is 5.32. The lowest BCUT2D eigenvalue weighted by Crippen LogP contribution is -2.32. The number of nitrogens with one attached hydrogen (secondary N) is 1. The Labute approximate surface area is 178 Å². The first-order valence-electron chi connectivity index (χ1n) is 10.7. The van der Waals surface area contributed by atoms with Crippen LogP contribution in [-0.2, 0) is 6.54 Å². The van der Waals surface area contributed by atoms with E-state index >= 15 is 0 Å². The number of ether oxygens (including phenoxy) is 1. The summed E-state index contributed by atoms with van der Waals surface area (Å²) in [5.41, 5.74) is 9.17. The molecule has 0 amide bonds. The molecule has 1 saturated carbocycles. The summed E-state index contributed by atoms with van der Waals surface area (Å²) in [6.45, 7) is 5.28. The number of anilines is 1. The number of aryl methyl sites for hydroxylation is 2. The normalized spacial score (nSPS) is 15.6. The third-order valence-corrected chi connectivity index (χ3v) is 5.32. The maximum Gasteiger partial charge on any atom is 0.168 e. The lowest BCUT2D eigenvalue weighted by atomic mass is 9.98. The SMILES string of the molecule is CCCn1cc(NC/C(=C(/N)c2ccc(OC3CCCCC3)c(C)n2)N(C)N)nn1. The first-order chi connectivity index (χ1) is 14.5. The van der Waals surface area contributed by atoms with Crippen molar-refractivity contribution in [2.75, 3.05) is 18.9 Å². The summed E-state index contributed by atoms with van der Waals surface area (Å²) in [4.78, 5) is 4.68. The Hall–Kier alpha value is -2.81. The van der Waals surface area contributed by atoms with Crippen molar-refractivity contribution in [2.24, 2.45) is 11.6 Å². The molecule has 2 aromatic heterocycles. The number of hydrogen-bond donors (Lipinski definition) is 3. The molecule has 1 aliphatic carbocycles. The molecule has 0 aromatic carbocycles. The van der Waals surface area contributed by atoms with Gasteiger partial charge < -0.3 is 20.8 Å². The maximum atomic E-state index is 6.43. The molecule has 0 atom stereocenters. The van der Waals surface area contributed by atoms with Crippen LogP contribution in [-0.4, -0.2) is 44.7 Å². The highest BCUT2D eigenvalue weighted by Crippen LogP contribution is 2.26. The lowest BCUT2D eigenvalue weighted by molar-refractivity contribution is 0.153. The molecule has 9 nitrogen and oxygen atoms in total. The van der Waals surface area contributed by atoms with E-state index < -0.39 is 0 Å². The van der Waals surface area contributed by atoms with E-state index in [9.17, 15) is 0 Å². The van der Waals surface area contributed by atoms with Crippen LogP contribution >= 0.6 is 0 Å². The molecule has 2 heterocycles. The van der Waals surface area contributed by atoms with Crippen LogP contribution < -0.4 is 21.6 Å². The van der Waals surface area contributed by atoms with E-state index in [0.717, 1.165) is 37.3 Å². The number of pyridine rings is 1. The van der Waals surface area contributed by atoms with Crippen molar-refractivity contribution in [3.05, 3.63) is 35.4 Å². The molecule has 30 heavy (non-hydrogen) atoms. The second kappa shape index (κ2) is 10.3. The summed E-state index contributed by atoms with van der Waals surface area (Å²) >= 11 is 0. The van der Waals surface area contributed by atoms with Crippen molar-refractivity contribution in [3.63, 3.8) is 0 Å². The fraction of sp³-hybridized carbons (Fsp3) is 0.571. The van der Waals surface area contributed by atoms with E-state index in [2.05, 4.69) is 27.5 Å². The third kappa shape index (κ3) is 5.63. The van der Waals surface area contributed by atoms with Gasteiger partial charge >= 0.3 is 0 Å². The average molecular weight is 415 g/mol.